The van der Waals surface area contributed by atoms with Crippen LogP contribution in [0.3, 0.4) is 0 Å². The Kier molecular flexibility index (Phi) is 7.11. The van der Waals surface area contributed by atoms with Gasteiger partial charge in [-0.3, -0.25) is 10.1 Å². The van der Waals surface area contributed by atoms with Gasteiger partial charge in [0, 0.05) is 36.8 Å². The van der Waals surface area contributed by atoms with E-state index in [1.807, 2.05) is 27.9 Å². The van der Waals surface area contributed by atoms with Gasteiger partial charge in [-0.05, 0) is 26.6 Å². The molecule has 0 spiro atoms. The van der Waals surface area contributed by atoms with Crippen LogP contribution < -0.4 is 10.1 Å². The molecule has 6 heteroatoms. The molecule has 0 aliphatic heterocycles. The number of nitro groups is 1. The first kappa shape index (κ1) is 17.4. The number of nitrogens with zero attached hydrogens (tertiary/aromatic N) is 2. The van der Waals surface area contributed by atoms with E-state index in [9.17, 15) is 10.1 Å². The molecule has 1 aromatic carbocycles. The summed E-state index contributed by atoms with van der Waals surface area (Å²) >= 11 is 0. The molecule has 0 heterocycles. The van der Waals surface area contributed by atoms with Crippen LogP contribution in [0.2, 0.25) is 0 Å². The molecule has 1 rings (SSSR count). The third-order valence-corrected chi connectivity index (χ3v) is 2.96. The Morgan fingerprint density at radius 2 is 2.10 bits per heavy atom. The third-order valence-electron chi connectivity index (χ3n) is 2.96. The summed E-state index contributed by atoms with van der Waals surface area (Å²) in [6.07, 6.45) is 0.918. The molecule has 1 aromatic rings. The summed E-state index contributed by atoms with van der Waals surface area (Å²) in [7, 11) is 4.04. The number of nitro benzene ring substituents is 1. The second kappa shape index (κ2) is 8.59. The first-order chi connectivity index (χ1) is 9.90. The summed E-state index contributed by atoms with van der Waals surface area (Å²) in [5.41, 5.74) is 0.916. The molecule has 0 aliphatic rings. The van der Waals surface area contributed by atoms with E-state index >= 15 is 0 Å². The molecule has 0 fully saturated rings. The van der Waals surface area contributed by atoms with E-state index in [0.29, 0.717) is 24.9 Å². The zero-order valence-electron chi connectivity index (χ0n) is 13.3. The second-order valence-electron chi connectivity index (χ2n) is 5.59. The summed E-state index contributed by atoms with van der Waals surface area (Å²) in [5.74, 6) is 0.715. The van der Waals surface area contributed by atoms with Crippen LogP contribution in [0.4, 0.5) is 5.69 Å². The van der Waals surface area contributed by atoms with Crippen molar-refractivity contribution in [3.05, 3.63) is 33.9 Å². The van der Waals surface area contributed by atoms with Crippen LogP contribution in [0, 0.1) is 10.1 Å². The largest absolute Gasteiger partial charge is 0.493 e. The molecule has 0 radical (unpaired) electrons. The van der Waals surface area contributed by atoms with E-state index in [1.54, 1.807) is 12.1 Å². The fourth-order valence-electron chi connectivity index (χ4n) is 1.84. The third kappa shape index (κ3) is 6.55. The van der Waals surface area contributed by atoms with E-state index in [0.717, 1.165) is 18.5 Å². The quantitative estimate of drug-likeness (QED) is 0.430. The van der Waals surface area contributed by atoms with Crippen molar-refractivity contribution < 1.29 is 9.66 Å². The Hall–Kier alpha value is -1.66. The van der Waals surface area contributed by atoms with Gasteiger partial charge in [0.15, 0.2) is 0 Å². The van der Waals surface area contributed by atoms with Crippen molar-refractivity contribution in [1.29, 1.82) is 0 Å². The zero-order chi connectivity index (χ0) is 15.8. The van der Waals surface area contributed by atoms with Gasteiger partial charge in [0.05, 0.1) is 11.5 Å². The number of nitrogens with one attached hydrogen (secondary N) is 1. The lowest BCUT2D eigenvalue weighted by atomic mass is 10.1. The van der Waals surface area contributed by atoms with Gasteiger partial charge in [-0.2, -0.15) is 0 Å². The summed E-state index contributed by atoms with van der Waals surface area (Å²) in [6, 6.07) is 5.06. The van der Waals surface area contributed by atoms with Crippen molar-refractivity contribution in [3.63, 3.8) is 0 Å². The molecule has 0 bridgehead atoms. The highest BCUT2D eigenvalue weighted by atomic mass is 16.6. The van der Waals surface area contributed by atoms with Crippen LogP contribution >= 0.6 is 0 Å². The first-order valence-corrected chi connectivity index (χ1v) is 7.18. The van der Waals surface area contributed by atoms with Crippen molar-refractivity contribution in [2.24, 2.45) is 0 Å². The molecule has 1 N–H and O–H groups in total. The molecule has 0 aromatic heterocycles. The number of hydrogen-bond donors (Lipinski definition) is 1. The molecular formula is C15H25N3O3. The predicted molar refractivity (Wildman–Crippen MR) is 83.7 cm³/mol. The van der Waals surface area contributed by atoms with Crippen LogP contribution in [0.25, 0.3) is 0 Å². The summed E-state index contributed by atoms with van der Waals surface area (Å²) in [5, 5.41) is 14.1. The standard InChI is InChI=1S/C15H25N3O3/c1-12(2)16-11-13-10-14(18(19)20)6-7-15(13)21-9-5-8-17(3)4/h6-7,10,12,16H,5,8-9,11H2,1-4H3. The second-order valence-corrected chi connectivity index (χ2v) is 5.59. The fraction of sp³-hybridized carbons (Fsp3) is 0.600. The monoisotopic (exact) mass is 295 g/mol. The van der Waals surface area contributed by atoms with Gasteiger partial charge >= 0.3 is 0 Å². The summed E-state index contributed by atoms with van der Waals surface area (Å²) in [4.78, 5) is 12.6. The van der Waals surface area contributed by atoms with E-state index in [1.165, 1.54) is 6.07 Å². The number of rotatable bonds is 9. The van der Waals surface area contributed by atoms with Crippen LogP contribution in [-0.2, 0) is 6.54 Å². The maximum absolute atomic E-state index is 10.9. The lowest BCUT2D eigenvalue weighted by molar-refractivity contribution is -0.384. The molecule has 6 nitrogen and oxygen atoms in total. The molecule has 0 unspecified atom stereocenters. The number of benzene rings is 1. The van der Waals surface area contributed by atoms with Gasteiger partial charge in [-0.25, -0.2) is 0 Å². The zero-order valence-corrected chi connectivity index (χ0v) is 13.3. The fourth-order valence-corrected chi connectivity index (χ4v) is 1.84. The Morgan fingerprint density at radius 1 is 1.38 bits per heavy atom. The molecule has 21 heavy (non-hydrogen) atoms. The summed E-state index contributed by atoms with van der Waals surface area (Å²) in [6.45, 7) is 6.18. The van der Waals surface area contributed by atoms with Crippen LogP contribution in [0.15, 0.2) is 18.2 Å². The van der Waals surface area contributed by atoms with E-state index in [-0.39, 0.29) is 10.6 Å². The normalized spacial score (nSPS) is 11.1. The maximum atomic E-state index is 10.9. The van der Waals surface area contributed by atoms with Crippen molar-refractivity contribution >= 4 is 5.69 Å². The van der Waals surface area contributed by atoms with Gasteiger partial charge in [0.2, 0.25) is 0 Å². The maximum Gasteiger partial charge on any atom is 0.270 e. The smallest absolute Gasteiger partial charge is 0.270 e. The minimum absolute atomic E-state index is 0.0937. The Labute approximate surface area is 126 Å². The van der Waals surface area contributed by atoms with E-state index in [4.69, 9.17) is 4.74 Å². The van der Waals surface area contributed by atoms with Crippen LogP contribution in [0.1, 0.15) is 25.8 Å². The molecule has 0 aliphatic carbocycles. The predicted octanol–water partition coefficient (Wildman–Crippen LogP) is 2.42. The lowest BCUT2D eigenvalue weighted by Crippen LogP contribution is -2.22. The molecule has 0 saturated carbocycles. The topological polar surface area (TPSA) is 67.6 Å². The van der Waals surface area contributed by atoms with Gasteiger partial charge in [0.25, 0.3) is 5.69 Å². The highest BCUT2D eigenvalue weighted by Crippen LogP contribution is 2.24. The van der Waals surface area contributed by atoms with Crippen molar-refractivity contribution in [3.8, 4) is 5.75 Å². The molecule has 0 amide bonds. The number of ether oxygens (including phenoxy) is 1. The Balaban J connectivity index is 2.73. The van der Waals surface area contributed by atoms with Gasteiger partial charge < -0.3 is 15.0 Å². The minimum Gasteiger partial charge on any atom is -0.493 e. The minimum atomic E-state index is -0.380. The average molecular weight is 295 g/mol. The lowest BCUT2D eigenvalue weighted by Gasteiger charge is -2.14. The average Bonchev–Trinajstić information content (AvgIpc) is 2.41. The van der Waals surface area contributed by atoms with Gasteiger partial charge in [-0.1, -0.05) is 13.8 Å². The molecule has 0 saturated heterocycles. The van der Waals surface area contributed by atoms with Crippen molar-refractivity contribution in [2.75, 3.05) is 27.2 Å². The highest BCUT2D eigenvalue weighted by Gasteiger charge is 2.12. The van der Waals surface area contributed by atoms with E-state index < -0.39 is 0 Å². The molecular weight excluding hydrogens is 270 g/mol. The summed E-state index contributed by atoms with van der Waals surface area (Å²) < 4.78 is 5.77. The van der Waals surface area contributed by atoms with Gasteiger partial charge in [-0.15, -0.1) is 0 Å². The van der Waals surface area contributed by atoms with E-state index in [2.05, 4.69) is 10.2 Å². The number of non-ortho nitro benzene ring substituents is 1. The van der Waals surface area contributed by atoms with Crippen molar-refractivity contribution in [1.82, 2.24) is 10.2 Å². The van der Waals surface area contributed by atoms with Gasteiger partial charge in [0.1, 0.15) is 5.75 Å². The van der Waals surface area contributed by atoms with Crippen molar-refractivity contribution in [2.45, 2.75) is 32.9 Å². The highest BCUT2D eigenvalue weighted by molar-refractivity contribution is 5.43. The van der Waals surface area contributed by atoms with Crippen LogP contribution in [-0.4, -0.2) is 43.1 Å². The van der Waals surface area contributed by atoms with Crippen LogP contribution in [0.5, 0.6) is 5.75 Å². The number of hydrogen-bond acceptors (Lipinski definition) is 5. The molecule has 118 valence electrons. The first-order valence-electron chi connectivity index (χ1n) is 7.18. The molecule has 0 atom stereocenters. The Morgan fingerprint density at radius 3 is 2.67 bits per heavy atom. The SMILES string of the molecule is CC(C)NCc1cc([N+](=O)[O-])ccc1OCCCN(C)C. The Bertz CT molecular complexity index is 461.